The van der Waals surface area contributed by atoms with E-state index in [4.69, 9.17) is 5.26 Å². The Hall–Kier alpha value is -1.82. The van der Waals surface area contributed by atoms with Gasteiger partial charge in [0, 0.05) is 6.92 Å². The van der Waals surface area contributed by atoms with Crippen LogP contribution in [0.2, 0.25) is 0 Å². The number of nitriles is 1. The lowest BCUT2D eigenvalue weighted by atomic mass is 9.99. The normalized spacial score (nSPS) is 11.5. The Balaban J connectivity index is 2.94. The number of carbonyl (C=O) groups is 1. The van der Waals surface area contributed by atoms with Crippen LogP contribution >= 0.6 is 0 Å². The van der Waals surface area contributed by atoms with Crippen molar-refractivity contribution in [2.75, 3.05) is 0 Å². The van der Waals surface area contributed by atoms with Gasteiger partial charge in [-0.3, -0.25) is 4.79 Å². The summed E-state index contributed by atoms with van der Waals surface area (Å²) < 4.78 is 0. The van der Waals surface area contributed by atoms with Crippen LogP contribution in [0.4, 0.5) is 0 Å². The van der Waals surface area contributed by atoms with E-state index in [1.54, 1.807) is 0 Å². The average Bonchev–Trinajstić information content (AvgIpc) is 2.17. The molecule has 0 aliphatic rings. The van der Waals surface area contributed by atoms with E-state index >= 15 is 0 Å². The first kappa shape index (κ1) is 11.3. The molecule has 1 amide bonds. The Morgan fingerprint density at radius 3 is 2.73 bits per heavy atom. The highest BCUT2D eigenvalue weighted by molar-refractivity contribution is 5.73. The highest BCUT2D eigenvalue weighted by atomic mass is 16.1. The molecule has 3 heteroatoms. The Morgan fingerprint density at radius 2 is 2.20 bits per heavy atom. The number of benzene rings is 1. The lowest BCUT2D eigenvalue weighted by Crippen LogP contribution is -2.26. The smallest absolute Gasteiger partial charge is 0.217 e. The van der Waals surface area contributed by atoms with Gasteiger partial charge in [0.2, 0.25) is 5.91 Å². The van der Waals surface area contributed by atoms with Crippen LogP contribution < -0.4 is 5.32 Å². The van der Waals surface area contributed by atoms with Gasteiger partial charge >= 0.3 is 0 Å². The molecule has 15 heavy (non-hydrogen) atoms. The summed E-state index contributed by atoms with van der Waals surface area (Å²) >= 11 is 0. The largest absolute Gasteiger partial charge is 0.348 e. The molecule has 1 atom stereocenters. The predicted molar refractivity (Wildman–Crippen MR) is 58.0 cm³/mol. The van der Waals surface area contributed by atoms with Gasteiger partial charge in [-0.05, 0) is 18.1 Å². The van der Waals surface area contributed by atoms with Crippen molar-refractivity contribution in [1.29, 1.82) is 5.26 Å². The molecule has 1 rings (SSSR count). The molecule has 0 fully saturated rings. The zero-order valence-electron chi connectivity index (χ0n) is 8.95. The average molecular weight is 202 g/mol. The molecule has 0 heterocycles. The van der Waals surface area contributed by atoms with Gasteiger partial charge in [0.25, 0.3) is 0 Å². The van der Waals surface area contributed by atoms with E-state index in [2.05, 4.69) is 11.4 Å². The standard InChI is InChI=1S/C12H14N2O/c1-9-5-3-4-6-11(9)12(7-8-13)14-10(2)15/h3-6,12H,7H2,1-2H3,(H,14,15). The van der Waals surface area contributed by atoms with Crippen LogP contribution in [0.3, 0.4) is 0 Å². The number of carbonyl (C=O) groups excluding carboxylic acids is 1. The second-order valence-electron chi connectivity index (χ2n) is 3.47. The highest BCUT2D eigenvalue weighted by Gasteiger charge is 2.13. The van der Waals surface area contributed by atoms with Crippen LogP contribution in [0, 0.1) is 18.3 Å². The van der Waals surface area contributed by atoms with Crippen molar-refractivity contribution in [2.45, 2.75) is 26.3 Å². The fraction of sp³-hybridized carbons (Fsp3) is 0.333. The summed E-state index contributed by atoms with van der Waals surface area (Å²) in [6.07, 6.45) is 0.296. The van der Waals surface area contributed by atoms with E-state index in [-0.39, 0.29) is 11.9 Å². The van der Waals surface area contributed by atoms with Gasteiger partial charge in [-0.25, -0.2) is 0 Å². The number of hydrogen-bond donors (Lipinski definition) is 1. The summed E-state index contributed by atoms with van der Waals surface area (Å²) in [5.74, 6) is -0.112. The van der Waals surface area contributed by atoms with Crippen LogP contribution in [0.1, 0.15) is 30.5 Å². The minimum Gasteiger partial charge on any atom is -0.348 e. The minimum absolute atomic E-state index is 0.112. The molecule has 0 saturated carbocycles. The fourth-order valence-corrected chi connectivity index (χ4v) is 1.55. The van der Waals surface area contributed by atoms with Crippen molar-refractivity contribution in [3.05, 3.63) is 35.4 Å². The molecule has 0 bridgehead atoms. The molecule has 0 aromatic heterocycles. The monoisotopic (exact) mass is 202 g/mol. The van der Waals surface area contributed by atoms with E-state index < -0.39 is 0 Å². The zero-order valence-corrected chi connectivity index (χ0v) is 8.95. The molecule has 78 valence electrons. The predicted octanol–water partition coefficient (Wildman–Crippen LogP) is 2.09. The van der Waals surface area contributed by atoms with E-state index in [0.29, 0.717) is 6.42 Å². The van der Waals surface area contributed by atoms with E-state index in [9.17, 15) is 4.79 Å². The summed E-state index contributed by atoms with van der Waals surface area (Å²) in [5.41, 5.74) is 2.10. The SMILES string of the molecule is CC(=O)NC(CC#N)c1ccccc1C. The summed E-state index contributed by atoms with van der Waals surface area (Å²) in [4.78, 5) is 11.0. The molecule has 0 saturated heterocycles. The minimum atomic E-state index is -0.200. The van der Waals surface area contributed by atoms with Gasteiger partial charge in [-0.15, -0.1) is 0 Å². The molecule has 3 nitrogen and oxygen atoms in total. The van der Waals surface area contributed by atoms with Crippen LogP contribution in [0.5, 0.6) is 0 Å². The number of amides is 1. The number of rotatable bonds is 3. The molecule has 1 aromatic rings. The van der Waals surface area contributed by atoms with Crippen molar-refractivity contribution in [2.24, 2.45) is 0 Å². The Morgan fingerprint density at radius 1 is 1.53 bits per heavy atom. The van der Waals surface area contributed by atoms with Crippen LogP contribution in [-0.4, -0.2) is 5.91 Å². The Labute approximate surface area is 89.7 Å². The summed E-state index contributed by atoms with van der Waals surface area (Å²) in [6.45, 7) is 3.43. The van der Waals surface area contributed by atoms with Gasteiger partial charge in [0.15, 0.2) is 0 Å². The van der Waals surface area contributed by atoms with Gasteiger partial charge in [0.05, 0.1) is 18.5 Å². The first-order chi connectivity index (χ1) is 7.15. The van der Waals surface area contributed by atoms with Crippen molar-refractivity contribution in [3.8, 4) is 6.07 Å². The molecular weight excluding hydrogens is 188 g/mol. The van der Waals surface area contributed by atoms with Crippen molar-refractivity contribution in [1.82, 2.24) is 5.32 Å². The third kappa shape index (κ3) is 3.10. The number of hydrogen-bond acceptors (Lipinski definition) is 2. The quantitative estimate of drug-likeness (QED) is 0.815. The maximum Gasteiger partial charge on any atom is 0.217 e. The van der Waals surface area contributed by atoms with Crippen molar-refractivity contribution >= 4 is 5.91 Å². The molecule has 0 aliphatic carbocycles. The molecule has 1 N–H and O–H groups in total. The lowest BCUT2D eigenvalue weighted by Gasteiger charge is -2.17. The van der Waals surface area contributed by atoms with E-state index in [1.165, 1.54) is 6.92 Å². The molecular formula is C12H14N2O. The van der Waals surface area contributed by atoms with Gasteiger partial charge in [-0.1, -0.05) is 24.3 Å². The first-order valence-electron chi connectivity index (χ1n) is 4.84. The van der Waals surface area contributed by atoms with Gasteiger partial charge < -0.3 is 5.32 Å². The van der Waals surface area contributed by atoms with E-state index in [1.807, 2.05) is 31.2 Å². The molecule has 1 aromatic carbocycles. The third-order valence-corrected chi connectivity index (χ3v) is 2.24. The molecule has 0 aliphatic heterocycles. The summed E-state index contributed by atoms with van der Waals surface area (Å²) in [5, 5.41) is 11.5. The lowest BCUT2D eigenvalue weighted by molar-refractivity contribution is -0.119. The number of nitrogens with one attached hydrogen (secondary N) is 1. The van der Waals surface area contributed by atoms with Crippen molar-refractivity contribution < 1.29 is 4.79 Å². The molecule has 1 unspecified atom stereocenters. The Bertz CT molecular complexity index is 393. The van der Waals surface area contributed by atoms with E-state index in [0.717, 1.165) is 11.1 Å². The summed E-state index contributed by atoms with van der Waals surface area (Å²) in [6, 6.07) is 9.65. The fourth-order valence-electron chi connectivity index (χ4n) is 1.55. The third-order valence-electron chi connectivity index (χ3n) is 2.24. The maximum atomic E-state index is 11.0. The molecule has 0 spiro atoms. The second-order valence-corrected chi connectivity index (χ2v) is 3.47. The first-order valence-corrected chi connectivity index (χ1v) is 4.84. The van der Waals surface area contributed by atoms with Gasteiger partial charge in [0.1, 0.15) is 0 Å². The summed E-state index contributed by atoms with van der Waals surface area (Å²) in [7, 11) is 0. The highest BCUT2D eigenvalue weighted by Crippen LogP contribution is 2.19. The maximum absolute atomic E-state index is 11.0. The van der Waals surface area contributed by atoms with Crippen LogP contribution in [0.15, 0.2) is 24.3 Å². The number of nitrogens with zero attached hydrogens (tertiary/aromatic N) is 1. The van der Waals surface area contributed by atoms with Crippen LogP contribution in [-0.2, 0) is 4.79 Å². The topological polar surface area (TPSA) is 52.9 Å². The zero-order chi connectivity index (χ0) is 11.3. The molecule has 0 radical (unpaired) electrons. The van der Waals surface area contributed by atoms with Crippen molar-refractivity contribution in [3.63, 3.8) is 0 Å². The Kier molecular flexibility index (Phi) is 3.87. The van der Waals surface area contributed by atoms with Crippen LogP contribution in [0.25, 0.3) is 0 Å². The number of aryl methyl sites for hydroxylation is 1. The second kappa shape index (κ2) is 5.16. The van der Waals surface area contributed by atoms with Gasteiger partial charge in [-0.2, -0.15) is 5.26 Å².